The monoisotopic (exact) mass is 1720 g/mol. The predicted octanol–water partition coefficient (Wildman–Crippen LogP) is 12.9. The summed E-state index contributed by atoms with van der Waals surface area (Å²) in [6.07, 6.45) is 21.5. The second-order valence-electron chi connectivity index (χ2n) is 39.5. The zero-order valence-corrected chi connectivity index (χ0v) is 68.8. The molecular formula is C88H100F8N20O8. The number of piperidine rings is 2. The number of alkyl halides is 8. The maximum atomic E-state index is 13.3. The number of pyridine rings is 4. The Morgan fingerprint density at radius 3 is 0.726 bits per heavy atom. The quantitative estimate of drug-likeness (QED) is 0.0653. The molecule has 0 aromatic carbocycles. The third-order valence-electron chi connectivity index (χ3n) is 30.3. The van der Waals surface area contributed by atoms with Crippen LogP contribution in [0.15, 0.2) is 72.8 Å². The van der Waals surface area contributed by atoms with Crippen molar-refractivity contribution in [1.82, 2.24) is 78.0 Å². The molecule has 16 fully saturated rings. The van der Waals surface area contributed by atoms with Crippen LogP contribution in [0.3, 0.4) is 0 Å². The fraction of sp³-hybridized carbons (Fsp3) is 0.636. The fourth-order valence-electron chi connectivity index (χ4n) is 21.7. The molecule has 12 heterocycles. The van der Waals surface area contributed by atoms with Crippen LogP contribution in [0.25, 0.3) is 22.6 Å². The minimum absolute atomic E-state index is 0.00691. The van der Waals surface area contributed by atoms with Crippen LogP contribution in [-0.4, -0.2) is 201 Å². The minimum Gasteiger partial charge on any atom is -0.342 e. The molecule has 8 amide bonds. The molecule has 16 aliphatic rings. The van der Waals surface area contributed by atoms with Gasteiger partial charge in [-0.05, 0) is 213 Å². The molecule has 12 aliphatic carbocycles. The van der Waals surface area contributed by atoms with E-state index in [-0.39, 0.29) is 130 Å². The van der Waals surface area contributed by atoms with Gasteiger partial charge >= 0.3 is 0 Å². The molecule has 28 nitrogen and oxygen atoms in total. The first kappa shape index (κ1) is 80.8. The predicted molar refractivity (Wildman–Crippen MR) is 430 cm³/mol. The van der Waals surface area contributed by atoms with E-state index in [4.69, 9.17) is 0 Å². The summed E-state index contributed by atoms with van der Waals surface area (Å²) in [5, 5.41) is 29.4. The highest BCUT2D eigenvalue weighted by Gasteiger charge is 2.67. The summed E-state index contributed by atoms with van der Waals surface area (Å²) in [6, 6.07) is 23.6. The number of aromatic nitrogens is 12. The van der Waals surface area contributed by atoms with Crippen LogP contribution in [-0.2, 0) is 38.4 Å². The average Bonchev–Trinajstić information content (AvgIpc) is 1.57. The standard InChI is InChI=1S/2C23H27F2N5O2.2C21H23F2N5O2/c2*24-23(25)13-16(23)20(32)29-10-8-22(9-11-29)7-6-15(12-22)17-2-1-3-18-26-21(28-30(17)18)27-19(31)14-4-5-14;2*22-21(23)9-14(21)18(30)27-10-20(11-27)7-6-13(8-20)15-2-1-3-16-24-19(26-28(15)16)25-17(29)12-4-5-12/h2*1-3,14-16H,4-13H2,(H,27,28,31);2*1-3,12-14H,4-11H2,(H,25,26,29)/t15-,16+;15-,16-;13-,14+;13-,14-/m1010/s1. The number of rotatable bonds is 16. The van der Waals surface area contributed by atoms with Crippen LogP contribution in [0.2, 0.25) is 0 Å². The lowest BCUT2D eigenvalue weighted by Crippen LogP contribution is -2.58. The average molecular weight is 1720 g/mol. The van der Waals surface area contributed by atoms with Crippen LogP contribution in [0.5, 0.6) is 0 Å². The molecule has 0 radical (unpaired) electrons. The van der Waals surface area contributed by atoms with E-state index in [1.807, 2.05) is 69.7 Å². The molecule has 4 saturated heterocycles. The number of halogens is 8. The van der Waals surface area contributed by atoms with Gasteiger partial charge in [-0.3, -0.25) is 59.6 Å². The number of nitrogens with one attached hydrogen (secondary N) is 4. The molecule has 656 valence electrons. The van der Waals surface area contributed by atoms with Crippen LogP contribution in [0, 0.1) is 69.0 Å². The van der Waals surface area contributed by atoms with Crippen LogP contribution in [0.1, 0.15) is 226 Å². The Hall–Kier alpha value is -10.3. The van der Waals surface area contributed by atoms with E-state index in [0.29, 0.717) is 99.3 Å². The smallest absolute Gasteiger partial charge is 0.260 e. The number of likely N-dealkylation sites (tertiary alicyclic amines) is 4. The fourth-order valence-corrected chi connectivity index (χ4v) is 21.7. The second-order valence-corrected chi connectivity index (χ2v) is 39.5. The molecule has 12 saturated carbocycles. The molecule has 8 atom stereocenters. The molecule has 24 rings (SSSR count). The van der Waals surface area contributed by atoms with Crippen molar-refractivity contribution in [2.45, 2.75) is 227 Å². The highest BCUT2D eigenvalue weighted by Crippen LogP contribution is 2.60. The second kappa shape index (κ2) is 29.7. The molecule has 4 spiro atoms. The Kier molecular flexibility index (Phi) is 19.3. The van der Waals surface area contributed by atoms with E-state index >= 15 is 0 Å². The van der Waals surface area contributed by atoms with Gasteiger partial charge in [0.05, 0.1) is 0 Å². The first-order chi connectivity index (χ1) is 59.3. The SMILES string of the molecule is O=C(Nc1nc2cccc([C@@H]3CCC4(C3)CN(C(=O)[C@@H]3CC3(F)F)C4)n2n1)C1CC1.O=C(Nc1nc2cccc([C@@H]3CCC4(CCN(C(=O)[C@@H]5CC5(F)F)CC4)C3)n2n1)C1CC1.O=C(Nc1nc2cccc([C@H]3CCC4(C3)CN(C(=O)[C@@H]3CC3(F)F)C4)n2n1)C1CC1.O=C(Nc1nc2cccc([C@H]3CCC4(CCN(C(=O)[C@@H]5CC5(F)F)CC4)C3)n2n1)C1CC1. The molecule has 0 bridgehead atoms. The number of carbonyl (C=O) groups excluding carboxylic acids is 8. The molecule has 36 heteroatoms. The van der Waals surface area contributed by atoms with Crippen molar-refractivity contribution in [3.63, 3.8) is 0 Å². The summed E-state index contributed by atoms with van der Waals surface area (Å²) in [5.74, 6) is -14.2. The van der Waals surface area contributed by atoms with Crippen LogP contribution < -0.4 is 21.3 Å². The highest BCUT2D eigenvalue weighted by molar-refractivity contribution is 5.95. The van der Waals surface area contributed by atoms with Crippen molar-refractivity contribution < 1.29 is 73.5 Å². The minimum atomic E-state index is -2.80. The van der Waals surface area contributed by atoms with Crippen molar-refractivity contribution in [1.29, 1.82) is 0 Å². The summed E-state index contributed by atoms with van der Waals surface area (Å²) >= 11 is 0. The number of amides is 8. The summed E-state index contributed by atoms with van der Waals surface area (Å²) < 4.78 is 113. The van der Waals surface area contributed by atoms with Gasteiger partial charge in [-0.2, -0.15) is 19.9 Å². The largest absolute Gasteiger partial charge is 0.342 e. The van der Waals surface area contributed by atoms with Crippen molar-refractivity contribution in [2.24, 2.45) is 69.0 Å². The molecule has 4 N–H and O–H groups in total. The Balaban J connectivity index is 0.000000101. The summed E-state index contributed by atoms with van der Waals surface area (Å²) in [4.78, 5) is 122. The third-order valence-corrected chi connectivity index (χ3v) is 30.3. The van der Waals surface area contributed by atoms with Crippen LogP contribution >= 0.6 is 0 Å². The lowest BCUT2D eigenvalue weighted by Gasteiger charge is -2.48. The maximum absolute atomic E-state index is 13.3. The van der Waals surface area contributed by atoms with Gasteiger partial charge in [0.1, 0.15) is 23.7 Å². The number of anilines is 4. The summed E-state index contributed by atoms with van der Waals surface area (Å²) in [7, 11) is 0. The van der Waals surface area contributed by atoms with E-state index in [0.717, 1.165) is 188 Å². The Labute approximate surface area is 707 Å². The van der Waals surface area contributed by atoms with Crippen molar-refractivity contribution in [2.75, 3.05) is 73.6 Å². The van der Waals surface area contributed by atoms with Gasteiger partial charge in [-0.1, -0.05) is 24.3 Å². The molecule has 0 unspecified atom stereocenters. The van der Waals surface area contributed by atoms with Gasteiger partial charge in [0.25, 0.3) is 23.7 Å². The molecule has 8 aromatic rings. The summed E-state index contributed by atoms with van der Waals surface area (Å²) in [5.41, 5.74) is 7.46. The lowest BCUT2D eigenvalue weighted by molar-refractivity contribution is -0.147. The third kappa shape index (κ3) is 15.9. The topological polar surface area (TPSA) is 318 Å². The van der Waals surface area contributed by atoms with Gasteiger partial charge in [-0.15, -0.1) is 20.4 Å². The molecular weight excluding hydrogens is 1620 g/mol. The molecule has 4 aliphatic heterocycles. The highest BCUT2D eigenvalue weighted by atomic mass is 19.3. The van der Waals surface area contributed by atoms with Gasteiger partial charge in [0.15, 0.2) is 22.6 Å². The van der Waals surface area contributed by atoms with Gasteiger partial charge < -0.3 is 19.6 Å². The number of carbonyl (C=O) groups is 8. The van der Waals surface area contributed by atoms with E-state index in [1.54, 1.807) is 28.6 Å². The summed E-state index contributed by atoms with van der Waals surface area (Å²) in [6.45, 7) is 4.59. The zero-order chi connectivity index (χ0) is 85.5. The van der Waals surface area contributed by atoms with Gasteiger partial charge in [-0.25, -0.2) is 53.2 Å². The first-order valence-electron chi connectivity index (χ1n) is 44.7. The number of fused-ring (bicyclic) bond motifs is 4. The van der Waals surface area contributed by atoms with Crippen molar-refractivity contribution in [3.8, 4) is 0 Å². The van der Waals surface area contributed by atoms with E-state index in [2.05, 4.69) is 73.7 Å². The first-order valence-corrected chi connectivity index (χ1v) is 44.7. The zero-order valence-electron chi connectivity index (χ0n) is 68.8. The van der Waals surface area contributed by atoms with Gasteiger partial charge in [0, 0.05) is 159 Å². The lowest BCUT2D eigenvalue weighted by atomic mass is 9.76. The Morgan fingerprint density at radius 1 is 0.282 bits per heavy atom. The Morgan fingerprint density at radius 2 is 0.500 bits per heavy atom. The number of hydrogen-bond acceptors (Lipinski definition) is 16. The van der Waals surface area contributed by atoms with E-state index in [1.165, 1.54) is 0 Å². The van der Waals surface area contributed by atoms with E-state index < -0.39 is 47.4 Å². The number of hydrogen-bond donors (Lipinski definition) is 4. The van der Waals surface area contributed by atoms with Gasteiger partial charge in [0.2, 0.25) is 71.1 Å². The van der Waals surface area contributed by atoms with Crippen molar-refractivity contribution in [3.05, 3.63) is 95.6 Å². The normalized spacial score (nSPS) is 28.4. The Bertz CT molecular complexity index is 5310. The van der Waals surface area contributed by atoms with Crippen LogP contribution in [0.4, 0.5) is 58.9 Å². The molecule has 8 aromatic heterocycles. The maximum Gasteiger partial charge on any atom is 0.260 e. The molecule has 124 heavy (non-hydrogen) atoms. The number of nitrogens with zero attached hydrogens (tertiary/aromatic N) is 16. The van der Waals surface area contributed by atoms with E-state index in [9.17, 15) is 73.5 Å². The van der Waals surface area contributed by atoms with Crippen molar-refractivity contribution >= 4 is 93.6 Å².